The van der Waals surface area contributed by atoms with Crippen LogP contribution in [0.1, 0.15) is 18.5 Å². The molecule has 0 atom stereocenters. The Labute approximate surface area is 107 Å². The van der Waals surface area contributed by atoms with Crippen LogP contribution in [0.3, 0.4) is 0 Å². The lowest BCUT2D eigenvalue weighted by atomic mass is 9.97. The van der Waals surface area contributed by atoms with Crippen molar-refractivity contribution in [2.24, 2.45) is 5.92 Å². The number of nitrogens with two attached hydrogens (primary N) is 1. The summed E-state index contributed by atoms with van der Waals surface area (Å²) in [5.74, 6) is 0.809. The molecule has 0 aromatic carbocycles. The molecular formula is C11H21N5S. The highest BCUT2D eigenvalue weighted by Gasteiger charge is 2.18. The minimum Gasteiger partial charge on any atom is -0.388 e. The molecule has 1 aliphatic heterocycles. The van der Waals surface area contributed by atoms with E-state index in [1.165, 1.54) is 37.5 Å². The smallest absolute Gasteiger partial charge is 0.132 e. The molecule has 5 nitrogen and oxygen atoms in total. The molecule has 0 spiro atoms. The highest BCUT2D eigenvalue weighted by atomic mass is 32.1. The van der Waals surface area contributed by atoms with Crippen LogP contribution in [0.15, 0.2) is 0 Å². The number of nitrogen functional groups attached to an aromatic ring is 1. The summed E-state index contributed by atoms with van der Waals surface area (Å²) in [5, 5.41) is 4.80. The fraction of sp³-hybridized carbons (Fsp3) is 0.818. The van der Waals surface area contributed by atoms with Crippen LogP contribution in [0.25, 0.3) is 0 Å². The van der Waals surface area contributed by atoms with Crippen LogP contribution in [-0.4, -0.2) is 53.1 Å². The maximum atomic E-state index is 5.80. The van der Waals surface area contributed by atoms with E-state index in [9.17, 15) is 0 Å². The van der Waals surface area contributed by atoms with Crippen LogP contribution in [0.2, 0.25) is 0 Å². The first-order chi connectivity index (χ1) is 8.15. The third kappa shape index (κ3) is 3.62. The van der Waals surface area contributed by atoms with Gasteiger partial charge in [0.15, 0.2) is 0 Å². The van der Waals surface area contributed by atoms with Crippen LogP contribution in [0.5, 0.6) is 0 Å². The van der Waals surface area contributed by atoms with Gasteiger partial charge in [-0.25, -0.2) is 0 Å². The quantitative estimate of drug-likeness (QED) is 0.866. The highest BCUT2D eigenvalue weighted by molar-refractivity contribution is 7.09. The number of nitrogens with zero attached hydrogens (tertiary/aromatic N) is 4. The van der Waals surface area contributed by atoms with Gasteiger partial charge in [-0.05, 0) is 45.9 Å². The van der Waals surface area contributed by atoms with E-state index in [-0.39, 0.29) is 0 Å². The van der Waals surface area contributed by atoms with Crippen LogP contribution >= 0.6 is 11.5 Å². The van der Waals surface area contributed by atoms with Crippen molar-refractivity contribution in [3.05, 3.63) is 5.69 Å². The zero-order valence-electron chi connectivity index (χ0n) is 10.6. The second-order valence-corrected chi connectivity index (χ2v) is 5.81. The first kappa shape index (κ1) is 12.7. The van der Waals surface area contributed by atoms with Gasteiger partial charge in [0.1, 0.15) is 10.7 Å². The van der Waals surface area contributed by atoms with Crippen molar-refractivity contribution in [1.29, 1.82) is 0 Å². The fourth-order valence-corrected chi connectivity index (χ4v) is 2.77. The van der Waals surface area contributed by atoms with Gasteiger partial charge in [-0.3, -0.25) is 0 Å². The van der Waals surface area contributed by atoms with Crippen LogP contribution in [-0.2, 0) is 6.54 Å². The normalized spacial score (nSPS) is 19.0. The predicted octanol–water partition coefficient (Wildman–Crippen LogP) is 0.894. The molecule has 0 unspecified atom stereocenters. The maximum Gasteiger partial charge on any atom is 0.132 e. The standard InChI is InChI=1S/C11H21N5S/c1-15-5-3-9(4-6-15)7-16(2)8-10-11(12)17-14-13-10/h9H,3-8,12H2,1-2H3. The lowest BCUT2D eigenvalue weighted by molar-refractivity contribution is 0.173. The first-order valence-corrected chi connectivity index (χ1v) is 6.86. The Kier molecular flexibility index (Phi) is 4.31. The second-order valence-electron chi connectivity index (χ2n) is 5.03. The summed E-state index contributed by atoms with van der Waals surface area (Å²) in [4.78, 5) is 4.71. The van der Waals surface area contributed by atoms with Gasteiger partial charge in [-0.15, -0.1) is 5.10 Å². The number of piperidine rings is 1. The Morgan fingerprint density at radius 3 is 2.76 bits per heavy atom. The molecule has 2 N–H and O–H groups in total. The average Bonchev–Trinajstić information content (AvgIpc) is 2.68. The van der Waals surface area contributed by atoms with Gasteiger partial charge in [0, 0.05) is 24.6 Å². The summed E-state index contributed by atoms with van der Waals surface area (Å²) >= 11 is 1.28. The van der Waals surface area contributed by atoms with E-state index in [1.807, 2.05) is 0 Å². The minimum absolute atomic E-state index is 0.750. The molecule has 1 aliphatic rings. The van der Waals surface area contributed by atoms with Gasteiger partial charge in [-0.1, -0.05) is 4.49 Å². The van der Waals surface area contributed by atoms with E-state index >= 15 is 0 Å². The molecule has 17 heavy (non-hydrogen) atoms. The topological polar surface area (TPSA) is 58.3 Å². The summed E-state index contributed by atoms with van der Waals surface area (Å²) in [6, 6.07) is 0. The van der Waals surface area contributed by atoms with Crippen LogP contribution in [0, 0.1) is 5.92 Å². The Balaban J connectivity index is 1.77. The van der Waals surface area contributed by atoms with E-state index < -0.39 is 0 Å². The third-order valence-electron chi connectivity index (χ3n) is 3.41. The lowest BCUT2D eigenvalue weighted by Crippen LogP contribution is -2.35. The van der Waals surface area contributed by atoms with Crippen LogP contribution < -0.4 is 5.73 Å². The number of aromatic nitrogens is 2. The summed E-state index contributed by atoms with van der Waals surface area (Å²) in [6.45, 7) is 4.39. The fourth-order valence-electron chi connectivity index (χ4n) is 2.33. The molecule has 0 aliphatic carbocycles. The van der Waals surface area contributed by atoms with Crippen molar-refractivity contribution in [1.82, 2.24) is 19.4 Å². The highest BCUT2D eigenvalue weighted by Crippen LogP contribution is 2.19. The molecule has 0 bridgehead atoms. The largest absolute Gasteiger partial charge is 0.388 e. The van der Waals surface area contributed by atoms with E-state index in [1.54, 1.807) is 0 Å². The first-order valence-electron chi connectivity index (χ1n) is 6.09. The van der Waals surface area contributed by atoms with Crippen molar-refractivity contribution in [3.63, 3.8) is 0 Å². The SMILES string of the molecule is CN1CCC(CN(C)Cc2nnsc2N)CC1. The van der Waals surface area contributed by atoms with Gasteiger partial charge >= 0.3 is 0 Å². The predicted molar refractivity (Wildman–Crippen MR) is 70.9 cm³/mol. The van der Waals surface area contributed by atoms with E-state index in [2.05, 4.69) is 33.5 Å². The molecule has 1 saturated heterocycles. The summed E-state index contributed by atoms with van der Waals surface area (Å²) in [6.07, 6.45) is 2.59. The molecule has 2 heterocycles. The summed E-state index contributed by atoms with van der Waals surface area (Å²) in [7, 11) is 4.33. The molecule has 96 valence electrons. The van der Waals surface area contributed by atoms with Crippen molar-refractivity contribution >= 4 is 16.5 Å². The average molecular weight is 255 g/mol. The second kappa shape index (κ2) is 5.75. The molecule has 2 rings (SSSR count). The molecule has 1 fully saturated rings. The van der Waals surface area contributed by atoms with Gasteiger partial charge in [0.25, 0.3) is 0 Å². The van der Waals surface area contributed by atoms with Gasteiger partial charge in [0.2, 0.25) is 0 Å². The van der Waals surface area contributed by atoms with E-state index in [0.29, 0.717) is 0 Å². The Morgan fingerprint density at radius 2 is 2.18 bits per heavy atom. The van der Waals surface area contributed by atoms with Crippen molar-refractivity contribution < 1.29 is 0 Å². The number of hydrogen-bond acceptors (Lipinski definition) is 6. The minimum atomic E-state index is 0.750. The maximum absolute atomic E-state index is 5.80. The number of anilines is 1. The molecule has 1 aromatic heterocycles. The molecule has 0 radical (unpaired) electrons. The van der Waals surface area contributed by atoms with Crippen molar-refractivity contribution in [3.8, 4) is 0 Å². The van der Waals surface area contributed by atoms with Gasteiger partial charge in [-0.2, -0.15) is 0 Å². The summed E-state index contributed by atoms with van der Waals surface area (Å²) < 4.78 is 3.86. The van der Waals surface area contributed by atoms with Gasteiger partial charge in [0.05, 0.1) is 0 Å². The molecule has 1 aromatic rings. The number of likely N-dealkylation sites (tertiary alicyclic amines) is 1. The Bertz CT molecular complexity index is 345. The van der Waals surface area contributed by atoms with E-state index in [4.69, 9.17) is 5.73 Å². The molecule has 6 heteroatoms. The van der Waals surface area contributed by atoms with Gasteiger partial charge < -0.3 is 15.5 Å². The number of rotatable bonds is 4. The molecule has 0 amide bonds. The molecule has 0 saturated carbocycles. The Morgan fingerprint density at radius 1 is 1.47 bits per heavy atom. The zero-order chi connectivity index (χ0) is 12.3. The summed E-state index contributed by atoms with van der Waals surface area (Å²) in [5.41, 5.74) is 6.72. The monoisotopic (exact) mass is 255 g/mol. The zero-order valence-corrected chi connectivity index (χ0v) is 11.4. The van der Waals surface area contributed by atoms with E-state index in [0.717, 1.165) is 29.7 Å². The molecular weight excluding hydrogens is 234 g/mol. The lowest BCUT2D eigenvalue weighted by Gasteiger charge is -2.31. The number of hydrogen-bond donors (Lipinski definition) is 1. The van der Waals surface area contributed by atoms with Crippen molar-refractivity contribution in [2.45, 2.75) is 19.4 Å². The van der Waals surface area contributed by atoms with Crippen molar-refractivity contribution in [2.75, 3.05) is 39.5 Å². The van der Waals surface area contributed by atoms with Crippen LogP contribution in [0.4, 0.5) is 5.00 Å². The Hall–Kier alpha value is -0.720. The third-order valence-corrected chi connectivity index (χ3v) is 4.01.